The molecule has 1 aromatic heterocycles. The molecule has 0 unspecified atom stereocenters. The van der Waals surface area contributed by atoms with E-state index in [0.717, 1.165) is 11.1 Å². The highest BCUT2D eigenvalue weighted by molar-refractivity contribution is 6.30. The summed E-state index contributed by atoms with van der Waals surface area (Å²) < 4.78 is 4.94. The molecule has 0 aromatic carbocycles. The molecule has 60 valence electrons. The molecule has 0 saturated carbocycles. The van der Waals surface area contributed by atoms with Crippen molar-refractivity contribution in [2.75, 3.05) is 7.11 Å². The van der Waals surface area contributed by atoms with Gasteiger partial charge in [-0.15, -0.1) is 0 Å². The van der Waals surface area contributed by atoms with Crippen LogP contribution in [0.3, 0.4) is 0 Å². The lowest BCUT2D eigenvalue weighted by Crippen LogP contribution is -1.91. The number of aromatic nitrogens is 1. The average molecular weight is 172 g/mol. The van der Waals surface area contributed by atoms with E-state index in [9.17, 15) is 0 Å². The second-order valence-electron chi connectivity index (χ2n) is 2.40. The molecule has 0 saturated heterocycles. The van der Waals surface area contributed by atoms with E-state index in [1.807, 2.05) is 13.0 Å². The zero-order valence-corrected chi connectivity index (χ0v) is 7.35. The lowest BCUT2D eigenvalue weighted by molar-refractivity contribution is 0.184. The maximum Gasteiger partial charge on any atom is 0.134 e. The molecule has 0 N–H and O–H groups in total. The van der Waals surface area contributed by atoms with E-state index < -0.39 is 0 Å². The van der Waals surface area contributed by atoms with E-state index in [2.05, 4.69) is 4.98 Å². The Morgan fingerprint density at radius 2 is 2.36 bits per heavy atom. The number of rotatable bonds is 2. The minimum Gasteiger partial charge on any atom is -0.380 e. The molecule has 0 aliphatic carbocycles. The van der Waals surface area contributed by atoms with Crippen molar-refractivity contribution in [1.82, 2.24) is 4.98 Å². The van der Waals surface area contributed by atoms with Gasteiger partial charge in [0.1, 0.15) is 5.15 Å². The van der Waals surface area contributed by atoms with Crippen molar-refractivity contribution in [3.8, 4) is 0 Å². The molecule has 0 aliphatic rings. The lowest BCUT2D eigenvalue weighted by Gasteiger charge is -2.01. The molecule has 0 atom stereocenters. The number of hydrogen-bond donors (Lipinski definition) is 0. The van der Waals surface area contributed by atoms with Gasteiger partial charge in [-0.05, 0) is 18.6 Å². The zero-order valence-electron chi connectivity index (χ0n) is 6.60. The van der Waals surface area contributed by atoms with Gasteiger partial charge in [0.05, 0.1) is 6.61 Å². The van der Waals surface area contributed by atoms with Gasteiger partial charge in [0, 0.05) is 18.9 Å². The van der Waals surface area contributed by atoms with Crippen LogP contribution in [0.2, 0.25) is 5.15 Å². The minimum atomic E-state index is 0.521. The van der Waals surface area contributed by atoms with Gasteiger partial charge < -0.3 is 4.74 Å². The maximum absolute atomic E-state index is 5.78. The molecule has 1 aromatic rings. The summed E-state index contributed by atoms with van der Waals surface area (Å²) in [4.78, 5) is 3.98. The first-order chi connectivity index (χ1) is 5.24. The van der Waals surface area contributed by atoms with Gasteiger partial charge in [-0.25, -0.2) is 4.98 Å². The number of methoxy groups -OCH3 is 1. The topological polar surface area (TPSA) is 22.1 Å². The fraction of sp³-hybridized carbons (Fsp3) is 0.375. The van der Waals surface area contributed by atoms with Crippen molar-refractivity contribution in [2.24, 2.45) is 0 Å². The molecule has 0 amide bonds. The molecule has 0 radical (unpaired) electrons. The van der Waals surface area contributed by atoms with Gasteiger partial charge in [-0.2, -0.15) is 0 Å². The first kappa shape index (κ1) is 8.50. The average Bonchev–Trinajstić information content (AvgIpc) is 1.98. The summed E-state index contributed by atoms with van der Waals surface area (Å²) in [5.41, 5.74) is 2.04. The quantitative estimate of drug-likeness (QED) is 0.637. The van der Waals surface area contributed by atoms with Crippen molar-refractivity contribution in [3.05, 3.63) is 28.5 Å². The van der Waals surface area contributed by atoms with Crippen LogP contribution in [0.5, 0.6) is 0 Å². The van der Waals surface area contributed by atoms with Gasteiger partial charge >= 0.3 is 0 Å². The van der Waals surface area contributed by atoms with E-state index in [0.29, 0.717) is 11.8 Å². The molecule has 1 heterocycles. The normalized spacial score (nSPS) is 10.1. The third-order valence-corrected chi connectivity index (χ3v) is 1.69. The Bertz CT molecular complexity index is 250. The number of hydrogen-bond acceptors (Lipinski definition) is 2. The van der Waals surface area contributed by atoms with Crippen LogP contribution in [0.15, 0.2) is 12.3 Å². The highest BCUT2D eigenvalue weighted by atomic mass is 35.5. The zero-order chi connectivity index (χ0) is 8.27. The maximum atomic E-state index is 5.78. The second kappa shape index (κ2) is 3.69. The summed E-state index contributed by atoms with van der Waals surface area (Å²) in [6, 6.07) is 1.97. The van der Waals surface area contributed by atoms with E-state index >= 15 is 0 Å². The fourth-order valence-corrected chi connectivity index (χ4v) is 1.03. The van der Waals surface area contributed by atoms with Gasteiger partial charge in [-0.3, -0.25) is 0 Å². The number of ether oxygens (including phenoxy) is 1. The summed E-state index contributed by atoms with van der Waals surface area (Å²) in [5, 5.41) is 0.525. The number of aryl methyl sites for hydroxylation is 1. The van der Waals surface area contributed by atoms with Crippen LogP contribution in [0.4, 0.5) is 0 Å². The highest BCUT2D eigenvalue weighted by Crippen LogP contribution is 2.14. The van der Waals surface area contributed by atoms with E-state index in [4.69, 9.17) is 16.3 Å². The number of pyridine rings is 1. The van der Waals surface area contributed by atoms with Crippen LogP contribution in [0.1, 0.15) is 11.1 Å². The first-order valence-corrected chi connectivity index (χ1v) is 3.72. The van der Waals surface area contributed by atoms with Crippen molar-refractivity contribution in [2.45, 2.75) is 13.5 Å². The molecule has 0 fully saturated rings. The Morgan fingerprint density at radius 3 is 3.00 bits per heavy atom. The van der Waals surface area contributed by atoms with Crippen LogP contribution in [0, 0.1) is 6.92 Å². The van der Waals surface area contributed by atoms with Gasteiger partial charge in [0.25, 0.3) is 0 Å². The van der Waals surface area contributed by atoms with E-state index in [-0.39, 0.29) is 0 Å². The SMILES string of the molecule is COCc1cc(C)cnc1Cl. The van der Waals surface area contributed by atoms with Crippen LogP contribution >= 0.6 is 11.6 Å². The van der Waals surface area contributed by atoms with Crippen molar-refractivity contribution in [3.63, 3.8) is 0 Å². The van der Waals surface area contributed by atoms with E-state index in [1.54, 1.807) is 13.3 Å². The predicted molar refractivity (Wildman–Crippen MR) is 44.7 cm³/mol. The largest absolute Gasteiger partial charge is 0.380 e. The molecule has 0 spiro atoms. The van der Waals surface area contributed by atoms with Crippen LogP contribution in [-0.4, -0.2) is 12.1 Å². The molecular formula is C8H10ClNO. The molecular weight excluding hydrogens is 162 g/mol. The molecule has 0 aliphatic heterocycles. The summed E-state index contributed by atoms with van der Waals surface area (Å²) in [6.07, 6.45) is 1.74. The molecule has 3 heteroatoms. The highest BCUT2D eigenvalue weighted by Gasteiger charge is 1.99. The Morgan fingerprint density at radius 1 is 1.64 bits per heavy atom. The van der Waals surface area contributed by atoms with Gasteiger partial charge in [-0.1, -0.05) is 11.6 Å². The number of halogens is 1. The Hall–Kier alpha value is -0.600. The molecule has 2 nitrogen and oxygen atoms in total. The monoisotopic (exact) mass is 171 g/mol. The Labute approximate surface area is 71.2 Å². The fourth-order valence-electron chi connectivity index (χ4n) is 0.870. The second-order valence-corrected chi connectivity index (χ2v) is 2.75. The molecule has 1 rings (SSSR count). The third kappa shape index (κ3) is 2.17. The standard InChI is InChI=1S/C8H10ClNO/c1-6-3-7(5-11-2)8(9)10-4-6/h3-4H,5H2,1-2H3. The van der Waals surface area contributed by atoms with Crippen LogP contribution < -0.4 is 0 Å². The third-order valence-electron chi connectivity index (χ3n) is 1.35. The Kier molecular flexibility index (Phi) is 2.85. The van der Waals surface area contributed by atoms with Crippen molar-refractivity contribution in [1.29, 1.82) is 0 Å². The Balaban J connectivity index is 2.93. The van der Waals surface area contributed by atoms with Crippen molar-refractivity contribution >= 4 is 11.6 Å². The smallest absolute Gasteiger partial charge is 0.134 e. The van der Waals surface area contributed by atoms with Gasteiger partial charge in [0.2, 0.25) is 0 Å². The summed E-state index contributed by atoms with van der Waals surface area (Å²) in [7, 11) is 1.64. The van der Waals surface area contributed by atoms with Crippen LogP contribution in [0.25, 0.3) is 0 Å². The van der Waals surface area contributed by atoms with Crippen molar-refractivity contribution < 1.29 is 4.74 Å². The number of nitrogens with zero attached hydrogens (tertiary/aromatic N) is 1. The van der Waals surface area contributed by atoms with Crippen LogP contribution in [-0.2, 0) is 11.3 Å². The first-order valence-electron chi connectivity index (χ1n) is 3.34. The summed E-state index contributed by atoms with van der Waals surface area (Å²) in [5.74, 6) is 0. The summed E-state index contributed by atoms with van der Waals surface area (Å²) in [6.45, 7) is 2.50. The molecule has 11 heavy (non-hydrogen) atoms. The predicted octanol–water partition coefficient (Wildman–Crippen LogP) is 2.19. The molecule has 0 bridgehead atoms. The lowest BCUT2D eigenvalue weighted by atomic mass is 10.2. The summed E-state index contributed by atoms with van der Waals surface area (Å²) >= 11 is 5.78. The van der Waals surface area contributed by atoms with E-state index in [1.165, 1.54) is 0 Å². The minimum absolute atomic E-state index is 0.521. The van der Waals surface area contributed by atoms with Gasteiger partial charge in [0.15, 0.2) is 0 Å².